The molecule has 1 atom stereocenters. The molecule has 0 bridgehead atoms. The molecule has 1 heterocycles. The minimum Gasteiger partial charge on any atom is -0.503 e. The lowest BCUT2D eigenvalue weighted by Crippen LogP contribution is -2.30. The van der Waals surface area contributed by atoms with E-state index in [4.69, 9.17) is 14.2 Å². The van der Waals surface area contributed by atoms with Crippen LogP contribution < -0.4 is 14.2 Å². The molecule has 0 saturated heterocycles. The fraction of sp³-hybridized carbons (Fsp3) is 0.222. The molecular weight excluding hydrogens is 418 g/mol. The van der Waals surface area contributed by atoms with E-state index in [9.17, 15) is 9.90 Å². The summed E-state index contributed by atoms with van der Waals surface area (Å²) in [5.74, 6) is 1.44. The van der Waals surface area contributed by atoms with Crippen molar-refractivity contribution in [3.63, 3.8) is 0 Å². The van der Waals surface area contributed by atoms with E-state index in [0.29, 0.717) is 30.2 Å². The van der Waals surface area contributed by atoms with E-state index in [1.54, 1.807) is 19.1 Å². The molecule has 1 aliphatic heterocycles. The first-order valence-corrected chi connectivity index (χ1v) is 10.8. The van der Waals surface area contributed by atoms with E-state index in [-0.39, 0.29) is 5.76 Å². The molecule has 6 heteroatoms. The highest BCUT2D eigenvalue weighted by atomic mass is 16.5. The normalized spacial score (nSPS) is 15.7. The summed E-state index contributed by atoms with van der Waals surface area (Å²) in [6.07, 6.45) is 0. The largest absolute Gasteiger partial charge is 0.503 e. The van der Waals surface area contributed by atoms with Gasteiger partial charge in [-0.3, -0.25) is 4.79 Å². The average Bonchev–Trinajstić information content (AvgIpc) is 3.10. The Morgan fingerprint density at radius 1 is 0.879 bits per heavy atom. The molecule has 0 aromatic heterocycles. The number of amides is 1. The molecule has 0 spiro atoms. The molecule has 0 unspecified atom stereocenters. The molecule has 4 rings (SSSR count). The van der Waals surface area contributed by atoms with Crippen molar-refractivity contribution in [1.82, 2.24) is 4.90 Å². The molecule has 6 nitrogen and oxygen atoms in total. The van der Waals surface area contributed by atoms with Crippen LogP contribution in [0.3, 0.4) is 0 Å². The first-order chi connectivity index (χ1) is 16.1. The summed E-state index contributed by atoms with van der Waals surface area (Å²) >= 11 is 0. The summed E-state index contributed by atoms with van der Waals surface area (Å²) in [6.45, 7) is 2.73. The maximum atomic E-state index is 13.3. The number of benzene rings is 3. The Balaban J connectivity index is 1.81. The summed E-state index contributed by atoms with van der Waals surface area (Å²) in [5.41, 5.74) is 3.03. The molecule has 3 aromatic carbocycles. The van der Waals surface area contributed by atoms with Crippen LogP contribution >= 0.6 is 0 Å². The first kappa shape index (κ1) is 22.3. The molecule has 1 N–H and O–H groups in total. The molecule has 1 aliphatic rings. The number of ether oxygens (including phenoxy) is 3. The van der Waals surface area contributed by atoms with Gasteiger partial charge in [0.15, 0.2) is 5.76 Å². The number of hydrogen-bond donors (Lipinski definition) is 1. The Morgan fingerprint density at radius 3 is 2.09 bits per heavy atom. The second-order valence-corrected chi connectivity index (χ2v) is 7.65. The van der Waals surface area contributed by atoms with Crippen molar-refractivity contribution in [2.75, 3.05) is 20.8 Å². The zero-order valence-electron chi connectivity index (χ0n) is 18.9. The van der Waals surface area contributed by atoms with Crippen molar-refractivity contribution >= 4 is 11.5 Å². The van der Waals surface area contributed by atoms with Gasteiger partial charge in [0.1, 0.15) is 17.2 Å². The minimum absolute atomic E-state index is 0.259. The van der Waals surface area contributed by atoms with Gasteiger partial charge in [-0.05, 0) is 48.4 Å². The van der Waals surface area contributed by atoms with Gasteiger partial charge in [-0.1, -0.05) is 42.5 Å². The van der Waals surface area contributed by atoms with Gasteiger partial charge in [0.05, 0.1) is 26.9 Å². The number of para-hydroxylation sites is 1. The van der Waals surface area contributed by atoms with Crippen LogP contribution in [0.4, 0.5) is 0 Å². The van der Waals surface area contributed by atoms with Gasteiger partial charge in [-0.2, -0.15) is 0 Å². The van der Waals surface area contributed by atoms with Crippen LogP contribution in [0.1, 0.15) is 29.7 Å². The molecule has 3 aromatic rings. The Morgan fingerprint density at radius 2 is 1.48 bits per heavy atom. The number of carbonyl (C=O) groups is 1. The third-order valence-corrected chi connectivity index (χ3v) is 5.73. The van der Waals surface area contributed by atoms with Crippen LogP contribution in [0, 0.1) is 0 Å². The highest BCUT2D eigenvalue weighted by Gasteiger charge is 2.42. The monoisotopic (exact) mass is 445 g/mol. The Bertz CT molecular complexity index is 1150. The van der Waals surface area contributed by atoms with Gasteiger partial charge in [-0.15, -0.1) is 0 Å². The van der Waals surface area contributed by atoms with Crippen LogP contribution in [0.2, 0.25) is 0 Å². The fourth-order valence-corrected chi connectivity index (χ4v) is 4.13. The van der Waals surface area contributed by atoms with Gasteiger partial charge < -0.3 is 24.2 Å². The van der Waals surface area contributed by atoms with Crippen molar-refractivity contribution in [2.24, 2.45) is 0 Å². The number of methoxy groups -OCH3 is 2. The molecule has 0 fully saturated rings. The molecule has 170 valence electrons. The Hall–Kier alpha value is -3.93. The topological polar surface area (TPSA) is 68.2 Å². The lowest BCUT2D eigenvalue weighted by Gasteiger charge is -2.29. The third-order valence-electron chi connectivity index (χ3n) is 5.73. The van der Waals surface area contributed by atoms with E-state index in [2.05, 4.69) is 0 Å². The van der Waals surface area contributed by atoms with Crippen molar-refractivity contribution in [3.05, 3.63) is 95.2 Å². The van der Waals surface area contributed by atoms with Crippen LogP contribution in [0.5, 0.6) is 17.2 Å². The number of hydrogen-bond acceptors (Lipinski definition) is 5. The lowest BCUT2D eigenvalue weighted by molar-refractivity contribution is -0.130. The van der Waals surface area contributed by atoms with E-state index in [1.165, 1.54) is 0 Å². The third kappa shape index (κ3) is 4.37. The van der Waals surface area contributed by atoms with Gasteiger partial charge >= 0.3 is 0 Å². The Kier molecular flexibility index (Phi) is 6.54. The van der Waals surface area contributed by atoms with E-state index >= 15 is 0 Å². The van der Waals surface area contributed by atoms with E-state index in [1.807, 2.05) is 79.7 Å². The number of carbonyl (C=O) groups excluding carboxylic acids is 1. The van der Waals surface area contributed by atoms with Crippen LogP contribution in [0.15, 0.2) is 78.6 Å². The number of nitrogens with zero attached hydrogens (tertiary/aromatic N) is 1. The zero-order chi connectivity index (χ0) is 23.4. The molecular formula is C27H27NO5. The van der Waals surface area contributed by atoms with Crippen molar-refractivity contribution in [3.8, 4) is 17.2 Å². The van der Waals surface area contributed by atoms with Gasteiger partial charge in [0.2, 0.25) is 0 Å². The van der Waals surface area contributed by atoms with Gasteiger partial charge in [-0.25, -0.2) is 0 Å². The van der Waals surface area contributed by atoms with Crippen molar-refractivity contribution in [1.29, 1.82) is 0 Å². The predicted octanol–water partition coefficient (Wildman–Crippen LogP) is 5.16. The van der Waals surface area contributed by atoms with E-state index in [0.717, 1.165) is 22.4 Å². The van der Waals surface area contributed by atoms with E-state index < -0.39 is 11.9 Å². The Labute approximate surface area is 193 Å². The minimum atomic E-state index is -0.518. The number of rotatable bonds is 8. The van der Waals surface area contributed by atoms with Crippen LogP contribution in [-0.2, 0) is 11.3 Å². The maximum Gasteiger partial charge on any atom is 0.290 e. The van der Waals surface area contributed by atoms with Crippen LogP contribution in [-0.4, -0.2) is 36.7 Å². The smallest absolute Gasteiger partial charge is 0.290 e. The van der Waals surface area contributed by atoms with Crippen molar-refractivity contribution < 1.29 is 24.1 Å². The van der Waals surface area contributed by atoms with Crippen molar-refractivity contribution in [2.45, 2.75) is 19.5 Å². The fourth-order valence-electron chi connectivity index (χ4n) is 4.13. The predicted molar refractivity (Wildman–Crippen MR) is 126 cm³/mol. The lowest BCUT2D eigenvalue weighted by atomic mass is 9.92. The number of aliphatic hydroxyl groups excluding tert-OH is 1. The second kappa shape index (κ2) is 9.69. The summed E-state index contributed by atoms with van der Waals surface area (Å²) < 4.78 is 16.4. The summed E-state index contributed by atoms with van der Waals surface area (Å²) in [5, 5.41) is 11.0. The summed E-state index contributed by atoms with van der Waals surface area (Å²) in [4.78, 5) is 15.0. The van der Waals surface area contributed by atoms with Crippen LogP contribution in [0.25, 0.3) is 5.57 Å². The number of aliphatic hydroxyl groups is 1. The molecule has 0 saturated carbocycles. The quantitative estimate of drug-likeness (QED) is 0.519. The first-order valence-electron chi connectivity index (χ1n) is 10.8. The molecule has 33 heavy (non-hydrogen) atoms. The standard InChI is InChI=1S/C27H27NO5/c1-4-33-23-8-6-5-7-22(23)25-24(19-11-15-21(32-3)16-12-19)26(29)27(30)28(25)17-18-9-13-20(31-2)14-10-18/h5-16,25,29H,4,17H2,1-3H3/t25-/m1/s1. The van der Waals surface area contributed by atoms with Gasteiger partial charge in [0, 0.05) is 17.7 Å². The zero-order valence-corrected chi connectivity index (χ0v) is 18.9. The highest BCUT2D eigenvalue weighted by Crippen LogP contribution is 2.46. The summed E-state index contributed by atoms with van der Waals surface area (Å²) in [7, 11) is 3.21. The second-order valence-electron chi connectivity index (χ2n) is 7.65. The SMILES string of the molecule is CCOc1ccccc1[C@@H]1C(c2ccc(OC)cc2)=C(O)C(=O)N1Cc1ccc(OC)cc1. The summed E-state index contributed by atoms with van der Waals surface area (Å²) in [6, 6.07) is 22.0. The average molecular weight is 446 g/mol. The maximum absolute atomic E-state index is 13.3. The van der Waals surface area contributed by atoms with Gasteiger partial charge in [0.25, 0.3) is 5.91 Å². The molecule has 1 amide bonds. The molecule has 0 aliphatic carbocycles. The highest BCUT2D eigenvalue weighted by molar-refractivity contribution is 6.05. The molecule has 0 radical (unpaired) electrons.